The molecule has 0 aliphatic heterocycles. The molecule has 4 nitrogen and oxygen atoms in total. The van der Waals surface area contributed by atoms with E-state index < -0.39 is 0 Å². The molecule has 0 fully saturated rings. The van der Waals surface area contributed by atoms with Crippen LogP contribution in [-0.2, 0) is 4.79 Å². The molecule has 0 bridgehead atoms. The molecular weight excluding hydrogens is 238 g/mol. The van der Waals surface area contributed by atoms with Crippen LogP contribution in [0.2, 0.25) is 5.02 Å². The average molecular weight is 252 g/mol. The number of hydrogen-bond acceptors (Lipinski definition) is 3. The summed E-state index contributed by atoms with van der Waals surface area (Å²) in [6.07, 6.45) is 0.327. The summed E-state index contributed by atoms with van der Waals surface area (Å²) in [5.41, 5.74) is 6.27. The molecule has 0 saturated carbocycles. The first-order chi connectivity index (χ1) is 8.06. The Balaban J connectivity index is 2.77. The number of anilines is 1. The maximum atomic E-state index is 11.6. The van der Waals surface area contributed by atoms with Crippen molar-refractivity contribution in [3.63, 3.8) is 0 Å². The second-order valence-electron chi connectivity index (χ2n) is 3.89. The van der Waals surface area contributed by atoms with Gasteiger partial charge < -0.3 is 11.1 Å². The van der Waals surface area contributed by atoms with Gasteiger partial charge in [0.2, 0.25) is 5.91 Å². The summed E-state index contributed by atoms with van der Waals surface area (Å²) in [7, 11) is 0. The highest BCUT2D eigenvalue weighted by Gasteiger charge is 2.10. The quantitative estimate of drug-likeness (QED) is 0.860. The molecule has 0 saturated heterocycles. The number of nitrogens with zero attached hydrogens (tertiary/aromatic N) is 1. The zero-order chi connectivity index (χ0) is 12.8. The number of rotatable bonds is 4. The third-order valence-electron chi connectivity index (χ3n) is 2.31. The Morgan fingerprint density at radius 1 is 1.65 bits per heavy atom. The number of carbonyl (C=O) groups is 1. The van der Waals surface area contributed by atoms with Crippen LogP contribution in [-0.4, -0.2) is 12.5 Å². The van der Waals surface area contributed by atoms with E-state index in [4.69, 9.17) is 22.6 Å². The van der Waals surface area contributed by atoms with Crippen molar-refractivity contribution in [2.24, 2.45) is 11.7 Å². The van der Waals surface area contributed by atoms with Gasteiger partial charge in [0.1, 0.15) is 6.07 Å². The minimum Gasteiger partial charge on any atom is -0.330 e. The molecule has 17 heavy (non-hydrogen) atoms. The van der Waals surface area contributed by atoms with Gasteiger partial charge in [0.25, 0.3) is 0 Å². The first-order valence-electron chi connectivity index (χ1n) is 5.26. The topological polar surface area (TPSA) is 78.9 Å². The van der Waals surface area contributed by atoms with Gasteiger partial charge in [-0.3, -0.25) is 4.79 Å². The van der Waals surface area contributed by atoms with Gasteiger partial charge in [0.05, 0.1) is 11.3 Å². The minimum atomic E-state index is -0.165. The first kappa shape index (κ1) is 13.5. The number of nitriles is 1. The number of nitrogens with one attached hydrogen (secondary N) is 1. The van der Waals surface area contributed by atoms with Gasteiger partial charge in [0.15, 0.2) is 0 Å². The molecule has 0 aliphatic rings. The van der Waals surface area contributed by atoms with E-state index in [1.807, 2.05) is 13.0 Å². The largest absolute Gasteiger partial charge is 0.330 e. The highest BCUT2D eigenvalue weighted by Crippen LogP contribution is 2.20. The van der Waals surface area contributed by atoms with Crippen LogP contribution < -0.4 is 11.1 Å². The molecule has 0 aromatic heterocycles. The van der Waals surface area contributed by atoms with E-state index in [1.54, 1.807) is 18.2 Å². The maximum absolute atomic E-state index is 11.6. The lowest BCUT2D eigenvalue weighted by Gasteiger charge is -2.10. The monoisotopic (exact) mass is 251 g/mol. The van der Waals surface area contributed by atoms with Crippen LogP contribution in [0.1, 0.15) is 18.9 Å². The molecule has 1 unspecified atom stereocenters. The molecule has 3 N–H and O–H groups in total. The highest BCUT2D eigenvalue weighted by molar-refractivity contribution is 6.31. The normalized spacial score (nSPS) is 11.6. The Bertz CT molecular complexity index is 454. The fourth-order valence-corrected chi connectivity index (χ4v) is 1.49. The van der Waals surface area contributed by atoms with Crippen LogP contribution in [0.4, 0.5) is 5.69 Å². The van der Waals surface area contributed by atoms with Crippen molar-refractivity contribution in [1.29, 1.82) is 5.26 Å². The average Bonchev–Trinajstić information content (AvgIpc) is 2.29. The fraction of sp³-hybridized carbons (Fsp3) is 0.333. The molecule has 1 rings (SSSR count). The SMILES string of the molecule is CC(CN)CC(=O)Nc1cc(Cl)ccc1C#N. The number of benzene rings is 1. The van der Waals surface area contributed by atoms with Gasteiger partial charge in [-0.05, 0) is 30.7 Å². The number of hydrogen-bond donors (Lipinski definition) is 2. The maximum Gasteiger partial charge on any atom is 0.224 e. The van der Waals surface area contributed by atoms with E-state index in [-0.39, 0.29) is 11.8 Å². The summed E-state index contributed by atoms with van der Waals surface area (Å²) in [6, 6.07) is 6.74. The molecular formula is C12H14ClN3O. The second-order valence-corrected chi connectivity index (χ2v) is 4.33. The van der Waals surface area contributed by atoms with Crippen LogP contribution in [0.5, 0.6) is 0 Å². The lowest BCUT2D eigenvalue weighted by molar-refractivity contribution is -0.116. The van der Waals surface area contributed by atoms with Gasteiger partial charge in [-0.2, -0.15) is 5.26 Å². The van der Waals surface area contributed by atoms with E-state index in [2.05, 4.69) is 5.32 Å². The number of amides is 1. The fourth-order valence-electron chi connectivity index (χ4n) is 1.32. The summed E-state index contributed by atoms with van der Waals surface area (Å²) in [6.45, 7) is 2.34. The summed E-state index contributed by atoms with van der Waals surface area (Å²) in [5, 5.41) is 12.0. The predicted octanol–water partition coefficient (Wildman–Crippen LogP) is 2.14. The molecule has 1 atom stereocenters. The Kier molecular flexibility index (Phi) is 4.95. The van der Waals surface area contributed by atoms with Gasteiger partial charge in [-0.15, -0.1) is 0 Å². The lowest BCUT2D eigenvalue weighted by Crippen LogP contribution is -2.20. The summed E-state index contributed by atoms with van der Waals surface area (Å²) < 4.78 is 0. The van der Waals surface area contributed by atoms with E-state index in [0.29, 0.717) is 29.2 Å². The molecule has 1 aromatic rings. The van der Waals surface area contributed by atoms with Crippen molar-refractivity contribution in [3.05, 3.63) is 28.8 Å². The summed E-state index contributed by atoms with van der Waals surface area (Å²) in [5.74, 6) is -0.0542. The molecule has 1 amide bonds. The summed E-state index contributed by atoms with van der Waals surface area (Å²) >= 11 is 5.81. The minimum absolute atomic E-state index is 0.111. The Morgan fingerprint density at radius 2 is 2.35 bits per heavy atom. The van der Waals surface area contributed by atoms with Crippen molar-refractivity contribution in [2.75, 3.05) is 11.9 Å². The first-order valence-corrected chi connectivity index (χ1v) is 5.64. The number of carbonyl (C=O) groups excluding carboxylic acids is 1. The van der Waals surface area contributed by atoms with Crippen LogP contribution in [0.15, 0.2) is 18.2 Å². The van der Waals surface area contributed by atoms with E-state index in [0.717, 1.165) is 0 Å². The third kappa shape index (κ3) is 4.06. The van der Waals surface area contributed by atoms with Crippen molar-refractivity contribution < 1.29 is 4.79 Å². The van der Waals surface area contributed by atoms with E-state index >= 15 is 0 Å². The van der Waals surface area contributed by atoms with Crippen molar-refractivity contribution >= 4 is 23.2 Å². The molecule has 0 spiro atoms. The number of halogens is 1. The molecule has 0 heterocycles. The molecule has 5 heteroatoms. The lowest BCUT2D eigenvalue weighted by atomic mass is 10.1. The zero-order valence-electron chi connectivity index (χ0n) is 9.53. The molecule has 1 aromatic carbocycles. The Labute approximate surface area is 105 Å². The Hall–Kier alpha value is -1.57. The van der Waals surface area contributed by atoms with Crippen LogP contribution in [0, 0.1) is 17.2 Å². The second kappa shape index (κ2) is 6.24. The van der Waals surface area contributed by atoms with Gasteiger partial charge >= 0.3 is 0 Å². The molecule has 0 radical (unpaired) electrons. The van der Waals surface area contributed by atoms with E-state index in [1.165, 1.54) is 0 Å². The predicted molar refractivity (Wildman–Crippen MR) is 67.6 cm³/mol. The standard InChI is InChI=1S/C12H14ClN3O/c1-8(6-14)4-12(17)16-11-5-10(13)3-2-9(11)7-15/h2-3,5,8H,4,6,14H2,1H3,(H,16,17). The van der Waals surface area contributed by atoms with Crippen molar-refractivity contribution in [2.45, 2.75) is 13.3 Å². The van der Waals surface area contributed by atoms with Crippen LogP contribution in [0.3, 0.4) is 0 Å². The van der Waals surface area contributed by atoms with Crippen LogP contribution >= 0.6 is 11.6 Å². The van der Waals surface area contributed by atoms with Crippen molar-refractivity contribution in [1.82, 2.24) is 0 Å². The highest BCUT2D eigenvalue weighted by atomic mass is 35.5. The number of nitrogens with two attached hydrogens (primary N) is 1. The zero-order valence-corrected chi connectivity index (χ0v) is 10.3. The third-order valence-corrected chi connectivity index (χ3v) is 2.55. The van der Waals surface area contributed by atoms with E-state index in [9.17, 15) is 4.79 Å². The smallest absolute Gasteiger partial charge is 0.224 e. The van der Waals surface area contributed by atoms with Crippen LogP contribution in [0.25, 0.3) is 0 Å². The van der Waals surface area contributed by atoms with Gasteiger partial charge in [-0.25, -0.2) is 0 Å². The Morgan fingerprint density at radius 3 is 2.94 bits per heavy atom. The van der Waals surface area contributed by atoms with Crippen molar-refractivity contribution in [3.8, 4) is 6.07 Å². The van der Waals surface area contributed by atoms with Gasteiger partial charge in [0, 0.05) is 11.4 Å². The van der Waals surface area contributed by atoms with Gasteiger partial charge in [-0.1, -0.05) is 18.5 Å². The molecule has 90 valence electrons. The summed E-state index contributed by atoms with van der Waals surface area (Å²) in [4.78, 5) is 11.6. The molecule has 0 aliphatic carbocycles.